The highest BCUT2D eigenvalue weighted by Gasteiger charge is 2.33. The molecule has 0 bridgehead atoms. The van der Waals surface area contributed by atoms with Gasteiger partial charge in [0.1, 0.15) is 0 Å². The smallest absolute Gasteiger partial charge is 0.0169 e. The molecule has 84 valence electrons. The van der Waals surface area contributed by atoms with Gasteiger partial charge in [-0.1, -0.05) is 30.2 Å². The quantitative estimate of drug-likeness (QED) is 0.542. The van der Waals surface area contributed by atoms with Gasteiger partial charge < -0.3 is 0 Å². The lowest BCUT2D eigenvalue weighted by Crippen LogP contribution is -2.11. The summed E-state index contributed by atoms with van der Waals surface area (Å²) in [6, 6.07) is 0. The van der Waals surface area contributed by atoms with Crippen LogP contribution in [-0.2, 0) is 0 Å². The Bertz CT molecular complexity index is 295. The van der Waals surface area contributed by atoms with Crippen molar-refractivity contribution in [2.45, 2.75) is 52.9 Å². The molecule has 0 heterocycles. The summed E-state index contributed by atoms with van der Waals surface area (Å²) in [6.45, 7) is 11.2. The molecule has 1 saturated carbocycles. The van der Waals surface area contributed by atoms with E-state index in [4.69, 9.17) is 0 Å². The Balaban J connectivity index is 2.21. The van der Waals surface area contributed by atoms with Gasteiger partial charge in [-0.25, -0.2) is 0 Å². The molecular formula is C15H24. The standard InChI is InChI=1S/C15H24/c1-10(2)13-7-5-11(3)14-8-6-12(4)15(14)9-13/h12-13,15H,1,5-9H2,2-4H3/t12?,13?,15-/m1/s1. The number of hydrogen-bond donors (Lipinski definition) is 0. The van der Waals surface area contributed by atoms with Gasteiger partial charge in [0.25, 0.3) is 0 Å². The van der Waals surface area contributed by atoms with Crippen molar-refractivity contribution in [2.75, 3.05) is 0 Å². The predicted molar refractivity (Wildman–Crippen MR) is 66.7 cm³/mol. The molecule has 3 atom stereocenters. The normalized spacial score (nSPS) is 36.3. The van der Waals surface area contributed by atoms with Crippen LogP contribution in [0.3, 0.4) is 0 Å². The first-order valence-corrected chi connectivity index (χ1v) is 6.43. The van der Waals surface area contributed by atoms with Gasteiger partial charge in [0.2, 0.25) is 0 Å². The molecule has 0 aliphatic heterocycles. The fraction of sp³-hybridized carbons (Fsp3) is 0.733. The lowest BCUT2D eigenvalue weighted by molar-refractivity contribution is 0.374. The molecule has 0 N–H and O–H groups in total. The number of allylic oxidation sites excluding steroid dienone is 3. The van der Waals surface area contributed by atoms with Crippen molar-refractivity contribution >= 4 is 0 Å². The molecule has 0 heteroatoms. The second-order valence-electron chi connectivity index (χ2n) is 5.75. The zero-order chi connectivity index (χ0) is 11.0. The van der Waals surface area contributed by atoms with Crippen LogP contribution in [0.1, 0.15) is 52.9 Å². The van der Waals surface area contributed by atoms with E-state index < -0.39 is 0 Å². The van der Waals surface area contributed by atoms with E-state index in [0.29, 0.717) is 0 Å². The Hall–Kier alpha value is -0.520. The summed E-state index contributed by atoms with van der Waals surface area (Å²) in [4.78, 5) is 0. The minimum atomic E-state index is 0.781. The third-order valence-corrected chi connectivity index (χ3v) is 4.65. The van der Waals surface area contributed by atoms with E-state index in [0.717, 1.165) is 17.8 Å². The maximum atomic E-state index is 4.17. The van der Waals surface area contributed by atoms with Crippen LogP contribution < -0.4 is 0 Å². The highest BCUT2D eigenvalue weighted by atomic mass is 14.4. The van der Waals surface area contributed by atoms with Crippen molar-refractivity contribution in [1.82, 2.24) is 0 Å². The van der Waals surface area contributed by atoms with Gasteiger partial charge in [0, 0.05) is 0 Å². The van der Waals surface area contributed by atoms with E-state index in [2.05, 4.69) is 27.4 Å². The van der Waals surface area contributed by atoms with Crippen LogP contribution in [0.5, 0.6) is 0 Å². The number of fused-ring (bicyclic) bond motifs is 1. The third-order valence-electron chi connectivity index (χ3n) is 4.65. The first-order chi connectivity index (χ1) is 7.09. The van der Waals surface area contributed by atoms with Crippen LogP contribution in [0, 0.1) is 17.8 Å². The van der Waals surface area contributed by atoms with Crippen molar-refractivity contribution < 1.29 is 0 Å². The van der Waals surface area contributed by atoms with Crippen molar-refractivity contribution in [3.05, 3.63) is 23.3 Å². The van der Waals surface area contributed by atoms with E-state index in [-0.39, 0.29) is 0 Å². The SMILES string of the molecule is C=C(C)C1CCC(C)=C2CCC(C)[C@H]2C1. The Morgan fingerprint density at radius 1 is 1.27 bits per heavy atom. The summed E-state index contributed by atoms with van der Waals surface area (Å²) >= 11 is 0. The van der Waals surface area contributed by atoms with E-state index in [1.807, 2.05) is 5.57 Å². The Morgan fingerprint density at radius 3 is 2.67 bits per heavy atom. The van der Waals surface area contributed by atoms with Crippen LogP contribution in [0.15, 0.2) is 23.3 Å². The molecule has 15 heavy (non-hydrogen) atoms. The van der Waals surface area contributed by atoms with Crippen molar-refractivity contribution in [3.8, 4) is 0 Å². The molecule has 0 aromatic carbocycles. The van der Waals surface area contributed by atoms with E-state index in [1.165, 1.54) is 37.7 Å². The first-order valence-electron chi connectivity index (χ1n) is 6.43. The zero-order valence-corrected chi connectivity index (χ0v) is 10.5. The molecule has 2 aliphatic rings. The third kappa shape index (κ3) is 2.04. The average Bonchev–Trinajstić information content (AvgIpc) is 2.43. The van der Waals surface area contributed by atoms with Gasteiger partial charge in [-0.2, -0.15) is 0 Å². The summed E-state index contributed by atoms with van der Waals surface area (Å²) < 4.78 is 0. The zero-order valence-electron chi connectivity index (χ0n) is 10.5. The predicted octanol–water partition coefficient (Wildman–Crippen LogP) is 4.73. The van der Waals surface area contributed by atoms with Gasteiger partial charge in [-0.3, -0.25) is 0 Å². The molecule has 0 nitrogen and oxygen atoms in total. The van der Waals surface area contributed by atoms with E-state index >= 15 is 0 Å². The molecule has 2 aliphatic carbocycles. The molecule has 0 spiro atoms. The van der Waals surface area contributed by atoms with Gasteiger partial charge in [0.05, 0.1) is 0 Å². The number of rotatable bonds is 1. The van der Waals surface area contributed by atoms with Crippen LogP contribution in [0.2, 0.25) is 0 Å². The van der Waals surface area contributed by atoms with Gasteiger partial charge in [-0.05, 0) is 63.7 Å². The highest BCUT2D eigenvalue weighted by molar-refractivity contribution is 5.23. The molecule has 0 amide bonds. The average molecular weight is 204 g/mol. The monoisotopic (exact) mass is 204 g/mol. The Labute approximate surface area is 94.5 Å². The summed E-state index contributed by atoms with van der Waals surface area (Å²) in [6.07, 6.45) is 6.83. The van der Waals surface area contributed by atoms with Crippen LogP contribution in [0.4, 0.5) is 0 Å². The van der Waals surface area contributed by atoms with E-state index in [1.54, 1.807) is 5.57 Å². The second kappa shape index (κ2) is 4.15. The van der Waals surface area contributed by atoms with Gasteiger partial charge in [-0.15, -0.1) is 0 Å². The fourth-order valence-electron chi connectivity index (χ4n) is 3.44. The van der Waals surface area contributed by atoms with Gasteiger partial charge >= 0.3 is 0 Å². The summed E-state index contributed by atoms with van der Waals surface area (Å²) in [5.74, 6) is 2.58. The topological polar surface area (TPSA) is 0 Å². The van der Waals surface area contributed by atoms with Crippen LogP contribution in [-0.4, -0.2) is 0 Å². The fourth-order valence-corrected chi connectivity index (χ4v) is 3.44. The lowest BCUT2D eigenvalue weighted by atomic mass is 9.83. The first kappa shape index (κ1) is 11.0. The van der Waals surface area contributed by atoms with Crippen molar-refractivity contribution in [2.24, 2.45) is 17.8 Å². The largest absolute Gasteiger partial charge is 0.0999 e. The Kier molecular flexibility index (Phi) is 3.04. The highest BCUT2D eigenvalue weighted by Crippen LogP contribution is 2.46. The van der Waals surface area contributed by atoms with Crippen LogP contribution >= 0.6 is 0 Å². The minimum Gasteiger partial charge on any atom is -0.0999 e. The molecular weight excluding hydrogens is 180 g/mol. The summed E-state index contributed by atoms with van der Waals surface area (Å²) in [7, 11) is 0. The minimum absolute atomic E-state index is 0.781. The molecule has 0 aromatic heterocycles. The Morgan fingerprint density at radius 2 is 2.00 bits per heavy atom. The van der Waals surface area contributed by atoms with E-state index in [9.17, 15) is 0 Å². The number of hydrogen-bond acceptors (Lipinski definition) is 0. The van der Waals surface area contributed by atoms with Crippen molar-refractivity contribution in [3.63, 3.8) is 0 Å². The maximum Gasteiger partial charge on any atom is -0.0169 e. The molecule has 0 radical (unpaired) electrons. The lowest BCUT2D eigenvalue weighted by Gasteiger charge is -2.22. The van der Waals surface area contributed by atoms with Crippen molar-refractivity contribution in [1.29, 1.82) is 0 Å². The molecule has 2 unspecified atom stereocenters. The molecule has 1 fully saturated rings. The molecule has 2 rings (SSSR count). The molecule has 0 saturated heterocycles. The second-order valence-corrected chi connectivity index (χ2v) is 5.75. The maximum absolute atomic E-state index is 4.17. The summed E-state index contributed by atoms with van der Waals surface area (Å²) in [5, 5.41) is 0. The van der Waals surface area contributed by atoms with Crippen LogP contribution in [0.25, 0.3) is 0 Å². The van der Waals surface area contributed by atoms with Gasteiger partial charge in [0.15, 0.2) is 0 Å². The molecule has 0 aromatic rings. The summed E-state index contributed by atoms with van der Waals surface area (Å²) in [5.41, 5.74) is 4.92.